The Morgan fingerprint density at radius 2 is 2.16 bits per heavy atom. The summed E-state index contributed by atoms with van der Waals surface area (Å²) in [5, 5.41) is 0.798. The fourth-order valence-electron chi connectivity index (χ4n) is 3.59. The number of nitrogens with zero attached hydrogens (tertiary/aromatic N) is 3. The van der Waals surface area contributed by atoms with Crippen molar-refractivity contribution in [2.45, 2.75) is 70.4 Å². The number of ether oxygens (including phenoxy) is 1. The Balaban J connectivity index is 1.81. The molecule has 0 spiro atoms. The highest BCUT2D eigenvalue weighted by molar-refractivity contribution is 7.99. The number of rotatable bonds is 7. The van der Waals surface area contributed by atoms with Gasteiger partial charge in [-0.2, -0.15) is 0 Å². The number of carbonyl (C=O) groups is 1. The van der Waals surface area contributed by atoms with Crippen LogP contribution in [-0.2, 0) is 22.5 Å². The number of thioether (sulfide) groups is 1. The van der Waals surface area contributed by atoms with E-state index in [9.17, 15) is 4.79 Å². The van der Waals surface area contributed by atoms with E-state index >= 15 is 0 Å². The molecule has 0 bridgehead atoms. The summed E-state index contributed by atoms with van der Waals surface area (Å²) in [5.41, 5.74) is 3.28. The molecule has 2 aromatic rings. The zero-order valence-electron chi connectivity index (χ0n) is 15.2. The van der Waals surface area contributed by atoms with Crippen molar-refractivity contribution in [3.05, 3.63) is 18.0 Å². The maximum atomic E-state index is 10.9. The molecule has 2 aromatic heterocycles. The number of fused-ring (bicyclic) bond motifs is 1. The first-order valence-electron chi connectivity index (χ1n) is 9.28. The molecule has 0 aliphatic heterocycles. The third-order valence-electron chi connectivity index (χ3n) is 4.80. The van der Waals surface area contributed by atoms with Gasteiger partial charge < -0.3 is 9.30 Å². The summed E-state index contributed by atoms with van der Waals surface area (Å²) in [6, 6.07) is 2.19. The number of aryl methyl sites for hydroxylation is 1. The van der Waals surface area contributed by atoms with E-state index < -0.39 is 0 Å². The smallest absolute Gasteiger partial charge is 0.303 e. The maximum Gasteiger partial charge on any atom is 0.303 e. The van der Waals surface area contributed by atoms with E-state index in [-0.39, 0.29) is 11.9 Å². The number of hydrogen-bond acceptors (Lipinski definition) is 5. The van der Waals surface area contributed by atoms with Crippen LogP contribution in [0.15, 0.2) is 17.3 Å². The van der Waals surface area contributed by atoms with Crippen molar-refractivity contribution in [2.24, 2.45) is 5.92 Å². The summed E-state index contributed by atoms with van der Waals surface area (Å²) >= 11 is 1.40. The Kier molecular flexibility index (Phi) is 6.34. The van der Waals surface area contributed by atoms with Crippen LogP contribution in [0, 0.1) is 5.92 Å². The fraction of sp³-hybridized carbons (Fsp3) is 0.632. The molecule has 25 heavy (non-hydrogen) atoms. The predicted molar refractivity (Wildman–Crippen MR) is 101 cm³/mol. The first-order chi connectivity index (χ1) is 12.2. The molecule has 0 saturated heterocycles. The van der Waals surface area contributed by atoms with Crippen LogP contribution >= 0.6 is 11.8 Å². The molecule has 1 saturated carbocycles. The second-order valence-electron chi connectivity index (χ2n) is 6.82. The molecular formula is C19H27N3O2S. The predicted octanol–water partition coefficient (Wildman–Crippen LogP) is 4.58. The molecule has 0 radical (unpaired) electrons. The number of carbonyl (C=O) groups excluding carboxylic acids is 1. The van der Waals surface area contributed by atoms with Gasteiger partial charge >= 0.3 is 5.97 Å². The van der Waals surface area contributed by atoms with Gasteiger partial charge in [0.1, 0.15) is 16.5 Å². The third-order valence-corrected chi connectivity index (χ3v) is 5.53. The molecule has 1 fully saturated rings. The molecule has 0 unspecified atom stereocenters. The second-order valence-corrected chi connectivity index (χ2v) is 7.76. The lowest BCUT2D eigenvalue weighted by atomic mass is 9.89. The van der Waals surface area contributed by atoms with Crippen LogP contribution in [0.25, 0.3) is 11.2 Å². The topological polar surface area (TPSA) is 57.0 Å². The van der Waals surface area contributed by atoms with E-state index in [4.69, 9.17) is 9.72 Å². The number of aromatic nitrogens is 3. The maximum absolute atomic E-state index is 10.9. The summed E-state index contributed by atoms with van der Waals surface area (Å²) in [6.45, 7) is 4.69. The molecule has 136 valence electrons. The van der Waals surface area contributed by atoms with Crippen LogP contribution in [0.5, 0.6) is 0 Å². The Morgan fingerprint density at radius 1 is 1.36 bits per heavy atom. The minimum atomic E-state index is -0.273. The van der Waals surface area contributed by atoms with Crippen molar-refractivity contribution in [3.8, 4) is 0 Å². The third kappa shape index (κ3) is 4.75. The van der Waals surface area contributed by atoms with Gasteiger partial charge in [-0.15, -0.1) is 0 Å². The lowest BCUT2D eigenvalue weighted by molar-refractivity contribution is -0.138. The first kappa shape index (κ1) is 18.2. The molecule has 5 nitrogen and oxygen atoms in total. The van der Waals surface area contributed by atoms with Crippen molar-refractivity contribution >= 4 is 28.9 Å². The zero-order chi connectivity index (χ0) is 17.6. The van der Waals surface area contributed by atoms with Crippen molar-refractivity contribution in [2.75, 3.05) is 5.94 Å². The average Bonchev–Trinajstić information content (AvgIpc) is 2.93. The molecule has 1 aliphatic rings. The molecule has 1 aliphatic carbocycles. The largest absolute Gasteiger partial charge is 0.454 e. The second kappa shape index (κ2) is 8.70. The highest BCUT2D eigenvalue weighted by Gasteiger charge is 2.18. The van der Waals surface area contributed by atoms with Crippen molar-refractivity contribution in [3.63, 3.8) is 0 Å². The van der Waals surface area contributed by atoms with Crippen LogP contribution in [0.1, 0.15) is 58.1 Å². The van der Waals surface area contributed by atoms with Gasteiger partial charge in [0, 0.05) is 19.2 Å². The van der Waals surface area contributed by atoms with Crippen LogP contribution in [0.2, 0.25) is 0 Å². The van der Waals surface area contributed by atoms with E-state index in [1.165, 1.54) is 56.5 Å². The lowest BCUT2D eigenvalue weighted by Gasteiger charge is -2.23. The Bertz CT molecular complexity index is 723. The lowest BCUT2D eigenvalue weighted by Crippen LogP contribution is -2.16. The highest BCUT2D eigenvalue weighted by Crippen LogP contribution is 2.28. The van der Waals surface area contributed by atoms with Crippen molar-refractivity contribution in [1.82, 2.24) is 14.5 Å². The molecule has 2 heterocycles. The molecule has 0 N–H and O–H groups in total. The van der Waals surface area contributed by atoms with Gasteiger partial charge in [-0.25, -0.2) is 9.97 Å². The van der Waals surface area contributed by atoms with Crippen LogP contribution in [0.4, 0.5) is 0 Å². The van der Waals surface area contributed by atoms with Gasteiger partial charge in [0.15, 0.2) is 5.65 Å². The molecular weight excluding hydrogens is 334 g/mol. The van der Waals surface area contributed by atoms with Gasteiger partial charge in [-0.1, -0.05) is 44.4 Å². The van der Waals surface area contributed by atoms with Crippen LogP contribution in [0.3, 0.4) is 0 Å². The van der Waals surface area contributed by atoms with E-state index in [1.54, 1.807) is 6.20 Å². The monoisotopic (exact) mass is 361 g/mol. The summed E-state index contributed by atoms with van der Waals surface area (Å²) < 4.78 is 7.37. The average molecular weight is 362 g/mol. The molecule has 3 rings (SSSR count). The fourth-order valence-corrected chi connectivity index (χ4v) is 4.23. The Morgan fingerprint density at radius 3 is 2.88 bits per heavy atom. The Hall–Kier alpha value is -1.56. The highest BCUT2D eigenvalue weighted by atomic mass is 32.2. The molecule has 0 amide bonds. The zero-order valence-corrected chi connectivity index (χ0v) is 16.0. The number of hydrogen-bond donors (Lipinski definition) is 0. The van der Waals surface area contributed by atoms with Gasteiger partial charge in [-0.05, 0) is 31.2 Å². The van der Waals surface area contributed by atoms with E-state index in [0.717, 1.165) is 41.5 Å². The number of esters is 1. The van der Waals surface area contributed by atoms with Crippen LogP contribution < -0.4 is 0 Å². The normalized spacial score (nSPS) is 15.6. The van der Waals surface area contributed by atoms with E-state index in [2.05, 4.69) is 22.5 Å². The van der Waals surface area contributed by atoms with Gasteiger partial charge in [0.25, 0.3) is 0 Å². The minimum Gasteiger partial charge on any atom is -0.454 e. The quantitative estimate of drug-likeness (QED) is 0.410. The molecule has 0 atom stereocenters. The van der Waals surface area contributed by atoms with Crippen molar-refractivity contribution < 1.29 is 9.53 Å². The molecule has 6 heteroatoms. The van der Waals surface area contributed by atoms with E-state index in [0.29, 0.717) is 0 Å². The minimum absolute atomic E-state index is 0.273. The summed E-state index contributed by atoms with van der Waals surface area (Å²) in [5.74, 6) is 0.769. The van der Waals surface area contributed by atoms with Gasteiger partial charge in [0.05, 0.1) is 6.20 Å². The summed E-state index contributed by atoms with van der Waals surface area (Å²) in [7, 11) is 0. The summed E-state index contributed by atoms with van der Waals surface area (Å²) in [4.78, 5) is 20.3. The van der Waals surface area contributed by atoms with Crippen molar-refractivity contribution in [1.29, 1.82) is 0 Å². The van der Waals surface area contributed by atoms with Gasteiger partial charge in [0.2, 0.25) is 0 Å². The van der Waals surface area contributed by atoms with Crippen LogP contribution in [-0.4, -0.2) is 26.4 Å². The Labute approximate surface area is 153 Å². The standard InChI is InChI=1S/C19H27N3O2S/c1-3-7-16-10-17-19(22(16)12-15-8-5-4-6-9-15)20-11-18(21-17)25-13-24-14(2)23/h10-11,15H,3-9,12-13H2,1-2H3. The summed E-state index contributed by atoms with van der Waals surface area (Å²) in [6.07, 6.45) is 10.7. The van der Waals surface area contributed by atoms with E-state index in [1.807, 2.05) is 0 Å². The molecule has 0 aromatic carbocycles. The first-order valence-corrected chi connectivity index (χ1v) is 10.3. The SMILES string of the molecule is CCCc1cc2nc(SCOC(C)=O)cnc2n1CC1CCCCC1. The van der Waals surface area contributed by atoms with Gasteiger partial charge in [-0.3, -0.25) is 4.79 Å².